The average molecular weight is 319 g/mol. The van der Waals surface area contributed by atoms with Crippen LogP contribution >= 0.6 is 0 Å². The molecule has 23 heavy (non-hydrogen) atoms. The minimum Gasteiger partial charge on any atom is -0.496 e. The molecule has 1 unspecified atom stereocenters. The van der Waals surface area contributed by atoms with E-state index in [4.69, 9.17) is 9.47 Å². The van der Waals surface area contributed by atoms with Crippen molar-refractivity contribution >= 4 is 16.9 Å². The number of halogens is 1. The van der Waals surface area contributed by atoms with Crippen LogP contribution < -0.4 is 4.74 Å². The lowest BCUT2D eigenvalue weighted by atomic mass is 9.85. The van der Waals surface area contributed by atoms with Crippen molar-refractivity contribution in [3.05, 3.63) is 29.5 Å². The van der Waals surface area contributed by atoms with Gasteiger partial charge in [-0.2, -0.15) is 0 Å². The van der Waals surface area contributed by atoms with Crippen molar-refractivity contribution < 1.29 is 18.7 Å². The Bertz CT molecular complexity index is 723. The number of aromatic nitrogens is 1. The van der Waals surface area contributed by atoms with E-state index in [2.05, 4.69) is 0 Å². The first-order valence-electron chi connectivity index (χ1n) is 8.13. The van der Waals surface area contributed by atoms with E-state index in [1.807, 2.05) is 29.7 Å². The topological polar surface area (TPSA) is 40.5 Å². The highest BCUT2D eigenvalue weighted by molar-refractivity contribution is 5.96. The van der Waals surface area contributed by atoms with Gasteiger partial charge in [0.1, 0.15) is 12.4 Å². The second-order valence-electron chi connectivity index (χ2n) is 5.75. The zero-order chi connectivity index (χ0) is 16.4. The molecule has 0 bridgehead atoms. The maximum atomic E-state index is 13.1. The third kappa shape index (κ3) is 2.58. The molecule has 0 saturated carbocycles. The van der Waals surface area contributed by atoms with Gasteiger partial charge >= 0.3 is 5.97 Å². The zero-order valence-electron chi connectivity index (χ0n) is 13.6. The molecule has 5 heteroatoms. The summed E-state index contributed by atoms with van der Waals surface area (Å²) in [7, 11) is 1.62. The summed E-state index contributed by atoms with van der Waals surface area (Å²) in [5.41, 5.74) is 2.95. The normalized spacial score (nSPS) is 17.1. The molecule has 0 spiro atoms. The first kappa shape index (κ1) is 15.8. The number of rotatable bonds is 5. The molecule has 2 aromatic rings. The third-order valence-electron chi connectivity index (χ3n) is 4.56. The zero-order valence-corrected chi connectivity index (χ0v) is 13.6. The van der Waals surface area contributed by atoms with Crippen LogP contribution in [-0.4, -0.2) is 30.9 Å². The van der Waals surface area contributed by atoms with Crippen LogP contribution in [0.2, 0.25) is 0 Å². The van der Waals surface area contributed by atoms with Crippen molar-refractivity contribution in [1.29, 1.82) is 0 Å². The van der Waals surface area contributed by atoms with Gasteiger partial charge in [0.25, 0.3) is 0 Å². The molecular formula is C18H22FNO3. The molecule has 1 heterocycles. The van der Waals surface area contributed by atoms with Crippen molar-refractivity contribution in [2.75, 3.05) is 20.4 Å². The van der Waals surface area contributed by atoms with E-state index in [1.165, 1.54) is 0 Å². The number of hydrogen-bond donors (Lipinski definition) is 0. The maximum Gasteiger partial charge on any atom is 0.313 e. The Kier molecular flexibility index (Phi) is 4.55. The van der Waals surface area contributed by atoms with E-state index in [9.17, 15) is 9.18 Å². The third-order valence-corrected chi connectivity index (χ3v) is 4.56. The van der Waals surface area contributed by atoms with Gasteiger partial charge < -0.3 is 14.0 Å². The highest BCUT2D eigenvalue weighted by Crippen LogP contribution is 2.43. The number of nitrogens with zero attached hydrogens (tertiary/aromatic N) is 1. The molecule has 1 aliphatic carbocycles. The largest absolute Gasteiger partial charge is 0.496 e. The summed E-state index contributed by atoms with van der Waals surface area (Å²) in [6, 6.07) is 5.76. The maximum absolute atomic E-state index is 13.1. The molecule has 1 aliphatic rings. The Balaban J connectivity index is 2.26. The lowest BCUT2D eigenvalue weighted by molar-refractivity contribution is -0.145. The van der Waals surface area contributed by atoms with Crippen LogP contribution in [0.15, 0.2) is 18.2 Å². The Hall–Kier alpha value is -2.04. The highest BCUT2D eigenvalue weighted by atomic mass is 19.1. The monoisotopic (exact) mass is 319 g/mol. The number of fused-ring (bicyclic) bond motifs is 3. The summed E-state index contributed by atoms with van der Waals surface area (Å²) in [5.74, 6) is 0.240. The van der Waals surface area contributed by atoms with Gasteiger partial charge in [0.2, 0.25) is 0 Å². The predicted octanol–water partition coefficient (Wildman–Crippen LogP) is 3.60. The number of esters is 1. The first-order chi connectivity index (χ1) is 11.2. The molecular weight excluding hydrogens is 297 g/mol. The molecule has 0 saturated heterocycles. The van der Waals surface area contributed by atoms with E-state index in [1.54, 1.807) is 7.11 Å². The molecule has 124 valence electrons. The van der Waals surface area contributed by atoms with Crippen LogP contribution in [0.3, 0.4) is 0 Å². The minimum atomic E-state index is -0.433. The number of benzene rings is 1. The first-order valence-corrected chi connectivity index (χ1v) is 8.13. The van der Waals surface area contributed by atoms with Crippen molar-refractivity contribution in [3.8, 4) is 5.75 Å². The molecule has 0 N–H and O–H groups in total. The van der Waals surface area contributed by atoms with Gasteiger partial charge in [0.15, 0.2) is 0 Å². The lowest BCUT2D eigenvalue weighted by Crippen LogP contribution is -2.21. The van der Waals surface area contributed by atoms with E-state index in [0.29, 0.717) is 13.2 Å². The smallest absolute Gasteiger partial charge is 0.313 e. The molecule has 1 aromatic heterocycles. The van der Waals surface area contributed by atoms with E-state index in [-0.39, 0.29) is 11.9 Å². The summed E-state index contributed by atoms with van der Waals surface area (Å²) >= 11 is 0. The second kappa shape index (κ2) is 6.60. The van der Waals surface area contributed by atoms with Crippen molar-refractivity contribution in [2.45, 2.75) is 38.6 Å². The van der Waals surface area contributed by atoms with Gasteiger partial charge in [0.05, 0.1) is 31.7 Å². The number of hydrogen-bond acceptors (Lipinski definition) is 3. The lowest BCUT2D eigenvalue weighted by Gasteiger charge is -2.23. The minimum absolute atomic E-state index is 0.196. The molecule has 0 aliphatic heterocycles. The van der Waals surface area contributed by atoms with E-state index < -0.39 is 6.67 Å². The predicted molar refractivity (Wildman–Crippen MR) is 86.8 cm³/mol. The van der Waals surface area contributed by atoms with Gasteiger partial charge in [-0.25, -0.2) is 4.39 Å². The summed E-state index contributed by atoms with van der Waals surface area (Å²) in [5, 5.41) is 0.927. The molecule has 3 rings (SSSR count). The Labute approximate surface area is 135 Å². The number of aryl methyl sites for hydroxylation is 1. The van der Waals surface area contributed by atoms with Gasteiger partial charge in [-0.15, -0.1) is 0 Å². The van der Waals surface area contributed by atoms with Crippen LogP contribution in [0, 0.1) is 0 Å². The van der Waals surface area contributed by atoms with Gasteiger partial charge in [-0.1, -0.05) is 6.07 Å². The standard InChI is InChI=1S/C18H22FNO3/c1-3-23-18(21)12-6-4-7-13-16(12)17-14(20(13)11-10-19)8-5-9-15(17)22-2/h5,8-9,12H,3-4,6-7,10-11H2,1-2H3. The summed E-state index contributed by atoms with van der Waals surface area (Å²) in [4.78, 5) is 12.4. The van der Waals surface area contributed by atoms with Crippen molar-refractivity contribution in [3.63, 3.8) is 0 Å². The van der Waals surface area contributed by atoms with Crippen molar-refractivity contribution in [1.82, 2.24) is 4.57 Å². The number of methoxy groups -OCH3 is 1. The van der Waals surface area contributed by atoms with Gasteiger partial charge in [-0.3, -0.25) is 4.79 Å². The van der Waals surface area contributed by atoms with Crippen LogP contribution in [0.4, 0.5) is 4.39 Å². The fraction of sp³-hybridized carbons (Fsp3) is 0.500. The fourth-order valence-electron chi connectivity index (χ4n) is 3.70. The van der Waals surface area contributed by atoms with Crippen LogP contribution in [0.25, 0.3) is 10.9 Å². The molecule has 0 radical (unpaired) electrons. The molecule has 0 amide bonds. The van der Waals surface area contributed by atoms with E-state index in [0.717, 1.165) is 47.2 Å². The molecule has 1 aromatic carbocycles. The number of carbonyl (C=O) groups is 1. The quantitative estimate of drug-likeness (QED) is 0.791. The van der Waals surface area contributed by atoms with Crippen LogP contribution in [-0.2, 0) is 22.5 Å². The Morgan fingerprint density at radius 2 is 2.26 bits per heavy atom. The number of alkyl halides is 1. The second-order valence-corrected chi connectivity index (χ2v) is 5.75. The number of ether oxygens (including phenoxy) is 2. The molecule has 1 atom stereocenters. The summed E-state index contributed by atoms with van der Waals surface area (Å²) in [6.07, 6.45) is 2.52. The number of carbonyl (C=O) groups excluding carboxylic acids is 1. The van der Waals surface area contributed by atoms with E-state index >= 15 is 0 Å². The Morgan fingerprint density at radius 1 is 1.43 bits per heavy atom. The summed E-state index contributed by atoms with van der Waals surface area (Å²) in [6.45, 7) is 2.05. The van der Waals surface area contributed by atoms with Crippen molar-refractivity contribution in [2.24, 2.45) is 0 Å². The Morgan fingerprint density at radius 3 is 2.96 bits per heavy atom. The average Bonchev–Trinajstić information content (AvgIpc) is 2.90. The SMILES string of the molecule is CCOC(=O)C1CCCc2c1c1c(OC)cccc1n2CCF. The van der Waals surface area contributed by atoms with Gasteiger partial charge in [0, 0.05) is 11.1 Å². The fourth-order valence-corrected chi connectivity index (χ4v) is 3.70. The molecule has 4 nitrogen and oxygen atoms in total. The summed E-state index contributed by atoms with van der Waals surface area (Å²) < 4.78 is 25.8. The molecule has 0 fully saturated rings. The highest BCUT2D eigenvalue weighted by Gasteiger charge is 2.34. The van der Waals surface area contributed by atoms with Gasteiger partial charge in [-0.05, 0) is 43.9 Å². The van der Waals surface area contributed by atoms with Crippen LogP contribution in [0.5, 0.6) is 5.75 Å². The van der Waals surface area contributed by atoms with Crippen LogP contribution in [0.1, 0.15) is 36.9 Å².